The molecule has 1 N–H and O–H groups in total. The number of morpholine rings is 1. The van der Waals surface area contributed by atoms with Gasteiger partial charge in [0, 0.05) is 36.1 Å². The van der Waals surface area contributed by atoms with Gasteiger partial charge >= 0.3 is 0 Å². The SMILES string of the molecule is COc1ccc(C=NNc2ncnc3scc(-c4ccccc4)c23)cc1CN1CCOCC1. The molecule has 8 heteroatoms. The molecule has 2 aromatic carbocycles. The Morgan fingerprint density at radius 1 is 1.15 bits per heavy atom. The summed E-state index contributed by atoms with van der Waals surface area (Å²) in [4.78, 5) is 12.2. The number of fused-ring (bicyclic) bond motifs is 1. The first-order chi connectivity index (χ1) is 16.3. The second kappa shape index (κ2) is 10.1. The number of benzene rings is 2. The van der Waals surface area contributed by atoms with E-state index in [2.05, 4.69) is 49.0 Å². The van der Waals surface area contributed by atoms with E-state index in [-0.39, 0.29) is 0 Å². The molecule has 1 saturated heterocycles. The molecular formula is C25H25N5O2S. The lowest BCUT2D eigenvalue weighted by atomic mass is 10.1. The highest BCUT2D eigenvalue weighted by Gasteiger charge is 2.14. The molecule has 7 nitrogen and oxygen atoms in total. The van der Waals surface area contributed by atoms with E-state index in [4.69, 9.17) is 9.47 Å². The predicted octanol–water partition coefficient (Wildman–Crippen LogP) is 4.65. The molecule has 4 aromatic rings. The van der Waals surface area contributed by atoms with Crippen LogP contribution in [0.5, 0.6) is 5.75 Å². The molecule has 0 bridgehead atoms. The third-order valence-corrected chi connectivity index (χ3v) is 6.53. The Hall–Kier alpha value is -3.33. The maximum absolute atomic E-state index is 5.58. The first-order valence-electron chi connectivity index (χ1n) is 10.9. The molecule has 0 radical (unpaired) electrons. The van der Waals surface area contributed by atoms with Crippen LogP contribution in [0.3, 0.4) is 0 Å². The van der Waals surface area contributed by atoms with Crippen molar-refractivity contribution in [1.29, 1.82) is 0 Å². The molecule has 0 atom stereocenters. The zero-order chi connectivity index (χ0) is 22.5. The minimum absolute atomic E-state index is 0.693. The molecule has 1 aliphatic rings. The molecule has 0 unspecified atom stereocenters. The summed E-state index contributed by atoms with van der Waals surface area (Å²) in [5.41, 5.74) is 7.49. The van der Waals surface area contributed by atoms with Crippen LogP contribution in [0.25, 0.3) is 21.3 Å². The summed E-state index contributed by atoms with van der Waals surface area (Å²) in [5.74, 6) is 1.58. The predicted molar refractivity (Wildman–Crippen MR) is 133 cm³/mol. The Bertz CT molecular complexity index is 1250. The van der Waals surface area contributed by atoms with Crippen molar-refractivity contribution in [1.82, 2.24) is 14.9 Å². The van der Waals surface area contributed by atoms with Crippen molar-refractivity contribution in [3.63, 3.8) is 0 Å². The van der Waals surface area contributed by atoms with Crippen LogP contribution < -0.4 is 10.2 Å². The largest absolute Gasteiger partial charge is 0.496 e. The number of nitrogens with zero attached hydrogens (tertiary/aromatic N) is 4. The van der Waals surface area contributed by atoms with Gasteiger partial charge in [-0.2, -0.15) is 5.10 Å². The van der Waals surface area contributed by atoms with Crippen LogP contribution in [0.15, 0.2) is 65.3 Å². The van der Waals surface area contributed by atoms with E-state index in [0.29, 0.717) is 5.82 Å². The zero-order valence-electron chi connectivity index (χ0n) is 18.4. The van der Waals surface area contributed by atoms with Gasteiger partial charge in [-0.25, -0.2) is 9.97 Å². The highest BCUT2D eigenvalue weighted by molar-refractivity contribution is 7.17. The number of methoxy groups -OCH3 is 1. The molecule has 0 amide bonds. The smallest absolute Gasteiger partial charge is 0.159 e. The van der Waals surface area contributed by atoms with Crippen molar-refractivity contribution >= 4 is 33.6 Å². The van der Waals surface area contributed by atoms with Crippen LogP contribution in [0, 0.1) is 0 Å². The van der Waals surface area contributed by atoms with Crippen molar-refractivity contribution in [2.45, 2.75) is 6.54 Å². The molecule has 0 aliphatic carbocycles. The Labute approximate surface area is 196 Å². The van der Waals surface area contributed by atoms with Crippen molar-refractivity contribution in [2.75, 3.05) is 38.8 Å². The van der Waals surface area contributed by atoms with Gasteiger partial charge in [-0.1, -0.05) is 30.3 Å². The third-order valence-electron chi connectivity index (χ3n) is 5.64. The van der Waals surface area contributed by atoms with Gasteiger partial charge in [0.25, 0.3) is 0 Å². The minimum Gasteiger partial charge on any atom is -0.496 e. The average molecular weight is 460 g/mol. The van der Waals surface area contributed by atoms with Gasteiger partial charge in [-0.3, -0.25) is 10.3 Å². The fraction of sp³-hybridized carbons (Fsp3) is 0.240. The number of nitrogens with one attached hydrogen (secondary N) is 1. The van der Waals surface area contributed by atoms with Crippen LogP contribution in [0.1, 0.15) is 11.1 Å². The first kappa shape index (κ1) is 21.5. The Kier molecular flexibility index (Phi) is 6.57. The Balaban J connectivity index is 1.37. The maximum atomic E-state index is 5.58. The summed E-state index contributed by atoms with van der Waals surface area (Å²) >= 11 is 1.60. The molecule has 5 rings (SSSR count). The van der Waals surface area contributed by atoms with Crippen LogP contribution in [0.2, 0.25) is 0 Å². The number of hydrogen-bond donors (Lipinski definition) is 1. The second-order valence-electron chi connectivity index (χ2n) is 7.75. The normalized spacial score (nSPS) is 14.7. The van der Waals surface area contributed by atoms with E-state index in [9.17, 15) is 0 Å². The monoisotopic (exact) mass is 459 g/mol. The van der Waals surface area contributed by atoms with Crippen molar-refractivity contribution < 1.29 is 9.47 Å². The fourth-order valence-electron chi connectivity index (χ4n) is 3.96. The lowest BCUT2D eigenvalue weighted by Crippen LogP contribution is -2.35. The van der Waals surface area contributed by atoms with Gasteiger partial charge in [0.15, 0.2) is 5.82 Å². The highest BCUT2D eigenvalue weighted by Crippen LogP contribution is 2.36. The van der Waals surface area contributed by atoms with Crippen molar-refractivity contribution in [2.24, 2.45) is 5.10 Å². The van der Waals surface area contributed by atoms with Crippen molar-refractivity contribution in [3.8, 4) is 16.9 Å². The summed E-state index contributed by atoms with van der Waals surface area (Å²) in [6.45, 7) is 4.22. The minimum atomic E-state index is 0.693. The summed E-state index contributed by atoms with van der Waals surface area (Å²) in [7, 11) is 1.71. The number of hydrogen-bond acceptors (Lipinski definition) is 8. The number of rotatable bonds is 7. The van der Waals surface area contributed by atoms with Crippen LogP contribution >= 0.6 is 11.3 Å². The van der Waals surface area contributed by atoms with Crippen LogP contribution in [0.4, 0.5) is 5.82 Å². The van der Waals surface area contributed by atoms with E-state index in [1.165, 1.54) is 0 Å². The number of anilines is 1. The lowest BCUT2D eigenvalue weighted by Gasteiger charge is -2.27. The van der Waals surface area contributed by atoms with Gasteiger partial charge in [0.1, 0.15) is 16.9 Å². The number of thiophene rings is 1. The number of ether oxygens (including phenoxy) is 2. The molecule has 33 heavy (non-hydrogen) atoms. The van der Waals surface area contributed by atoms with E-state index in [1.807, 2.05) is 36.5 Å². The summed E-state index contributed by atoms with van der Waals surface area (Å²) in [6, 6.07) is 16.4. The maximum Gasteiger partial charge on any atom is 0.159 e. The van der Waals surface area contributed by atoms with Gasteiger partial charge in [-0.15, -0.1) is 11.3 Å². The standard InChI is InChI=1S/C25H25N5O2S/c1-31-22-8-7-18(13-20(22)15-30-9-11-32-12-10-30)14-28-29-24-23-21(19-5-3-2-4-6-19)16-33-25(23)27-17-26-24/h2-8,13-14,16-17H,9-12,15H2,1H3,(H,26,27,29). The molecule has 0 spiro atoms. The molecule has 0 saturated carbocycles. The number of hydrazone groups is 1. The van der Waals surface area contributed by atoms with Gasteiger partial charge in [0.05, 0.1) is 31.9 Å². The molecule has 3 heterocycles. The summed E-state index contributed by atoms with van der Waals surface area (Å²) in [5, 5.41) is 7.58. The first-order valence-corrected chi connectivity index (χ1v) is 11.7. The second-order valence-corrected chi connectivity index (χ2v) is 8.61. The Morgan fingerprint density at radius 3 is 2.82 bits per heavy atom. The topological polar surface area (TPSA) is 71.9 Å². The van der Waals surface area contributed by atoms with E-state index >= 15 is 0 Å². The Morgan fingerprint density at radius 2 is 2.00 bits per heavy atom. The van der Waals surface area contributed by atoms with Gasteiger partial charge < -0.3 is 9.47 Å². The van der Waals surface area contributed by atoms with E-state index in [1.54, 1.807) is 24.8 Å². The number of aromatic nitrogens is 2. The molecule has 2 aromatic heterocycles. The highest BCUT2D eigenvalue weighted by atomic mass is 32.1. The summed E-state index contributed by atoms with van der Waals surface area (Å²) < 4.78 is 11.0. The average Bonchev–Trinajstić information content (AvgIpc) is 3.31. The third kappa shape index (κ3) is 4.88. The van der Waals surface area contributed by atoms with Crippen LogP contribution in [-0.4, -0.2) is 54.5 Å². The fourth-order valence-corrected chi connectivity index (χ4v) is 4.88. The summed E-state index contributed by atoms with van der Waals surface area (Å²) in [6.07, 6.45) is 3.38. The lowest BCUT2D eigenvalue weighted by molar-refractivity contribution is 0.0339. The van der Waals surface area contributed by atoms with Gasteiger partial charge in [-0.05, 0) is 29.3 Å². The van der Waals surface area contributed by atoms with E-state index < -0.39 is 0 Å². The quantitative estimate of drug-likeness (QED) is 0.321. The zero-order valence-corrected chi connectivity index (χ0v) is 19.2. The molecule has 1 fully saturated rings. The molecule has 1 aliphatic heterocycles. The molecular weight excluding hydrogens is 434 g/mol. The van der Waals surface area contributed by atoms with Gasteiger partial charge in [0.2, 0.25) is 0 Å². The van der Waals surface area contributed by atoms with Crippen molar-refractivity contribution in [3.05, 3.63) is 71.4 Å². The van der Waals surface area contributed by atoms with E-state index in [0.717, 1.165) is 71.1 Å². The van der Waals surface area contributed by atoms with Crippen LogP contribution in [-0.2, 0) is 11.3 Å². The molecule has 168 valence electrons.